The van der Waals surface area contributed by atoms with Crippen molar-refractivity contribution >= 4 is 28.9 Å². The molecule has 0 unspecified atom stereocenters. The highest BCUT2D eigenvalue weighted by molar-refractivity contribution is 6.16. The third-order valence-electron chi connectivity index (χ3n) is 1.71. The van der Waals surface area contributed by atoms with E-state index in [1.165, 1.54) is 6.20 Å². The van der Waals surface area contributed by atoms with E-state index >= 15 is 0 Å². The van der Waals surface area contributed by atoms with Gasteiger partial charge in [-0.2, -0.15) is 0 Å². The number of carbonyl (C=O) groups is 1. The molecule has 0 bridgehead atoms. The van der Waals surface area contributed by atoms with Crippen molar-refractivity contribution in [2.75, 3.05) is 0 Å². The van der Waals surface area contributed by atoms with E-state index in [2.05, 4.69) is 14.3 Å². The lowest BCUT2D eigenvalue weighted by atomic mass is 10.2. The highest BCUT2D eigenvalue weighted by atomic mass is 35.5. The van der Waals surface area contributed by atoms with E-state index in [1.54, 1.807) is 12.3 Å². The molecule has 2 aromatic rings. The zero-order valence-corrected chi connectivity index (χ0v) is 7.21. The first-order chi connectivity index (χ1) is 6.31. The summed E-state index contributed by atoms with van der Waals surface area (Å²) in [7, 11) is 0. The Balaban J connectivity index is 2.54. The summed E-state index contributed by atoms with van der Waals surface area (Å²) in [6.45, 7) is 0. The molecule has 0 aliphatic carbocycles. The summed E-state index contributed by atoms with van der Waals surface area (Å²) >= 11 is 4.93. The van der Waals surface area contributed by atoms with Crippen LogP contribution in [-0.2, 0) is 4.29 Å². The minimum Gasteiger partial charge on any atom is -0.346 e. The average Bonchev–Trinajstić information content (AvgIpc) is 2.63. The van der Waals surface area contributed by atoms with Gasteiger partial charge in [-0.3, -0.25) is 0 Å². The monoisotopic (exact) mass is 196 g/mol. The van der Waals surface area contributed by atoms with Crippen LogP contribution in [0.1, 0.15) is 10.4 Å². The molecule has 0 radical (unpaired) electrons. The van der Waals surface area contributed by atoms with Gasteiger partial charge in [0.25, 0.3) is 0 Å². The SMILES string of the molecule is O=C(OCl)c1cnc2[nH]ccc2c1. The van der Waals surface area contributed by atoms with E-state index in [-0.39, 0.29) is 0 Å². The molecule has 13 heavy (non-hydrogen) atoms. The van der Waals surface area contributed by atoms with Gasteiger partial charge >= 0.3 is 5.97 Å². The molecule has 5 heteroatoms. The van der Waals surface area contributed by atoms with Crippen molar-refractivity contribution in [3.05, 3.63) is 30.1 Å². The number of aromatic nitrogens is 2. The van der Waals surface area contributed by atoms with Crippen molar-refractivity contribution < 1.29 is 9.08 Å². The molecule has 0 saturated heterocycles. The van der Waals surface area contributed by atoms with Crippen molar-refractivity contribution in [2.45, 2.75) is 0 Å². The molecular formula is C8H5ClN2O2. The van der Waals surface area contributed by atoms with Crippen LogP contribution in [0.5, 0.6) is 0 Å². The van der Waals surface area contributed by atoms with Crippen LogP contribution < -0.4 is 0 Å². The Morgan fingerprint density at radius 1 is 1.62 bits per heavy atom. The smallest absolute Gasteiger partial charge is 0.346 e. The molecule has 0 aliphatic rings. The lowest BCUT2D eigenvalue weighted by Gasteiger charge is -1.95. The number of pyridine rings is 1. The zero-order valence-electron chi connectivity index (χ0n) is 6.45. The van der Waals surface area contributed by atoms with Crippen LogP contribution in [0.3, 0.4) is 0 Å². The van der Waals surface area contributed by atoms with Crippen LogP contribution in [0.15, 0.2) is 24.5 Å². The number of fused-ring (bicyclic) bond motifs is 1. The number of rotatable bonds is 1. The zero-order chi connectivity index (χ0) is 9.26. The number of H-pyrrole nitrogens is 1. The van der Waals surface area contributed by atoms with Gasteiger partial charge in [0.1, 0.15) is 17.5 Å². The third kappa shape index (κ3) is 1.36. The highest BCUT2D eigenvalue weighted by Gasteiger charge is 2.07. The van der Waals surface area contributed by atoms with E-state index in [9.17, 15) is 4.79 Å². The van der Waals surface area contributed by atoms with Crippen molar-refractivity contribution in [3.8, 4) is 0 Å². The Morgan fingerprint density at radius 2 is 2.46 bits per heavy atom. The Bertz CT molecular complexity index is 452. The molecular weight excluding hydrogens is 192 g/mol. The van der Waals surface area contributed by atoms with Crippen LogP contribution in [0.4, 0.5) is 0 Å². The Hall–Kier alpha value is -1.55. The Labute approximate surface area is 78.7 Å². The largest absolute Gasteiger partial charge is 0.357 e. The lowest BCUT2D eigenvalue weighted by molar-refractivity contribution is 0.0751. The minimum absolute atomic E-state index is 0.335. The van der Waals surface area contributed by atoms with Gasteiger partial charge in [0, 0.05) is 17.8 Å². The van der Waals surface area contributed by atoms with Crippen molar-refractivity contribution in [1.82, 2.24) is 9.97 Å². The number of hydrogen-bond acceptors (Lipinski definition) is 3. The summed E-state index contributed by atoms with van der Waals surface area (Å²) in [5, 5.41) is 0.847. The molecule has 0 fully saturated rings. The first kappa shape index (κ1) is 8.07. The topological polar surface area (TPSA) is 55.0 Å². The average molecular weight is 197 g/mol. The number of halogens is 1. The first-order valence-electron chi connectivity index (χ1n) is 3.57. The van der Waals surface area contributed by atoms with Gasteiger partial charge in [-0.15, -0.1) is 0 Å². The van der Waals surface area contributed by atoms with Gasteiger partial charge in [-0.05, 0) is 12.1 Å². The van der Waals surface area contributed by atoms with Crippen LogP contribution in [0.2, 0.25) is 0 Å². The van der Waals surface area contributed by atoms with Crippen LogP contribution in [0, 0.1) is 0 Å². The number of nitrogens with one attached hydrogen (secondary N) is 1. The van der Waals surface area contributed by atoms with E-state index in [0.29, 0.717) is 5.56 Å². The van der Waals surface area contributed by atoms with Crippen LogP contribution in [0.25, 0.3) is 11.0 Å². The second-order valence-electron chi connectivity index (χ2n) is 2.50. The molecule has 0 amide bonds. The molecule has 2 aromatic heterocycles. The molecule has 0 saturated carbocycles. The maximum Gasteiger partial charge on any atom is 0.357 e. The molecule has 0 aromatic carbocycles. The van der Waals surface area contributed by atoms with Gasteiger partial charge in [-0.25, -0.2) is 9.78 Å². The van der Waals surface area contributed by atoms with Gasteiger partial charge in [0.05, 0.1) is 5.56 Å². The second-order valence-corrected chi connectivity index (χ2v) is 2.66. The van der Waals surface area contributed by atoms with Crippen molar-refractivity contribution in [2.24, 2.45) is 0 Å². The van der Waals surface area contributed by atoms with Crippen LogP contribution in [-0.4, -0.2) is 15.9 Å². The summed E-state index contributed by atoms with van der Waals surface area (Å²) < 4.78 is 4.04. The fourth-order valence-corrected chi connectivity index (χ4v) is 1.19. The number of nitrogens with zero attached hydrogens (tertiary/aromatic N) is 1. The molecule has 66 valence electrons. The Morgan fingerprint density at radius 3 is 3.23 bits per heavy atom. The predicted octanol–water partition coefficient (Wildman–Crippen LogP) is 1.87. The number of hydrogen-bond donors (Lipinski definition) is 1. The van der Waals surface area contributed by atoms with E-state index < -0.39 is 5.97 Å². The maximum atomic E-state index is 11.0. The van der Waals surface area contributed by atoms with Gasteiger partial charge in [-0.1, -0.05) is 0 Å². The predicted molar refractivity (Wildman–Crippen MR) is 47.4 cm³/mol. The fourth-order valence-electron chi connectivity index (χ4n) is 1.10. The van der Waals surface area contributed by atoms with Crippen LogP contribution >= 0.6 is 11.9 Å². The van der Waals surface area contributed by atoms with Gasteiger partial charge < -0.3 is 9.27 Å². The van der Waals surface area contributed by atoms with E-state index in [4.69, 9.17) is 11.9 Å². The molecule has 2 heterocycles. The third-order valence-corrected chi connectivity index (χ3v) is 1.85. The maximum absolute atomic E-state index is 11.0. The quantitative estimate of drug-likeness (QED) is 0.758. The molecule has 2 rings (SSSR count). The molecule has 1 N–H and O–H groups in total. The molecule has 4 nitrogen and oxygen atoms in total. The molecule has 0 aliphatic heterocycles. The van der Waals surface area contributed by atoms with Crippen molar-refractivity contribution in [1.29, 1.82) is 0 Å². The molecule has 0 atom stereocenters. The number of aromatic amines is 1. The van der Waals surface area contributed by atoms with Gasteiger partial charge in [0.2, 0.25) is 0 Å². The lowest BCUT2D eigenvalue weighted by Crippen LogP contribution is -1.98. The fraction of sp³-hybridized carbons (Fsp3) is 0. The summed E-state index contributed by atoms with van der Waals surface area (Å²) in [5.41, 5.74) is 1.06. The number of carbonyl (C=O) groups excluding carboxylic acids is 1. The van der Waals surface area contributed by atoms with E-state index in [1.807, 2.05) is 6.07 Å². The normalized spacial score (nSPS) is 10.2. The Kier molecular flexibility index (Phi) is 1.90. The summed E-state index contributed by atoms with van der Waals surface area (Å²) in [4.78, 5) is 17.9. The standard InChI is InChI=1S/C8H5ClN2O2/c9-13-8(12)6-3-5-1-2-10-7(5)11-4-6/h1-4H,(H,10,11). The van der Waals surface area contributed by atoms with E-state index in [0.717, 1.165) is 11.0 Å². The second kappa shape index (κ2) is 3.06. The minimum atomic E-state index is -0.600. The summed E-state index contributed by atoms with van der Waals surface area (Å²) in [5.74, 6) is -0.600. The summed E-state index contributed by atoms with van der Waals surface area (Å²) in [6, 6.07) is 3.47. The first-order valence-corrected chi connectivity index (χ1v) is 3.88. The molecule has 0 spiro atoms. The van der Waals surface area contributed by atoms with Gasteiger partial charge in [0.15, 0.2) is 0 Å². The summed E-state index contributed by atoms with van der Waals surface area (Å²) in [6.07, 6.45) is 3.15. The van der Waals surface area contributed by atoms with Crippen molar-refractivity contribution in [3.63, 3.8) is 0 Å². The highest BCUT2D eigenvalue weighted by Crippen LogP contribution is 2.12.